The molecule has 0 aliphatic rings. The Morgan fingerprint density at radius 1 is 1.47 bits per heavy atom. The van der Waals surface area contributed by atoms with Gasteiger partial charge in [-0.15, -0.1) is 0 Å². The number of nitrogens with one attached hydrogen (secondary N) is 1. The molecule has 0 fully saturated rings. The summed E-state index contributed by atoms with van der Waals surface area (Å²) in [6.45, 7) is 7.39. The maximum Gasteiger partial charge on any atom is 0.120 e. The van der Waals surface area contributed by atoms with E-state index in [-0.39, 0.29) is 0 Å². The molecule has 1 aromatic heterocycles. The molecule has 1 aromatic rings. The predicted octanol–water partition coefficient (Wildman–Crippen LogP) is 3.38. The summed E-state index contributed by atoms with van der Waals surface area (Å²) in [6, 6.07) is 4.39. The van der Waals surface area contributed by atoms with Gasteiger partial charge in [0.25, 0.3) is 0 Å². The minimum absolute atomic E-state index is 0.324. The van der Waals surface area contributed by atoms with E-state index in [1.165, 1.54) is 17.9 Å². The Labute approximate surface area is 96.8 Å². The van der Waals surface area contributed by atoms with Crippen molar-refractivity contribution in [1.29, 1.82) is 0 Å². The van der Waals surface area contributed by atoms with Crippen LogP contribution in [-0.4, -0.2) is 18.1 Å². The third-order valence-electron chi connectivity index (χ3n) is 2.31. The van der Waals surface area contributed by atoms with Crippen LogP contribution in [0.15, 0.2) is 16.5 Å². The predicted molar refractivity (Wildman–Crippen MR) is 67.5 cm³/mol. The van der Waals surface area contributed by atoms with Gasteiger partial charge in [-0.25, -0.2) is 0 Å². The fourth-order valence-corrected chi connectivity index (χ4v) is 2.06. The number of thioether (sulfide) groups is 1. The highest BCUT2D eigenvalue weighted by Gasteiger charge is 2.07. The van der Waals surface area contributed by atoms with Gasteiger partial charge in [-0.2, -0.15) is 11.8 Å². The molecular formula is C12H21NOS. The van der Waals surface area contributed by atoms with Gasteiger partial charge in [0.15, 0.2) is 0 Å². The summed E-state index contributed by atoms with van der Waals surface area (Å²) in [4.78, 5) is 0. The molecule has 1 atom stereocenters. The standard InChI is InChI=1S/C12H21NOS/c1-4-15-9-5-8-13-11(3)12-7-6-10(2)14-12/h6-7,11,13H,4-5,8-9H2,1-3H3. The van der Waals surface area contributed by atoms with Crippen molar-refractivity contribution in [2.24, 2.45) is 0 Å². The van der Waals surface area contributed by atoms with E-state index in [0.29, 0.717) is 6.04 Å². The lowest BCUT2D eigenvalue weighted by molar-refractivity contribution is 0.417. The van der Waals surface area contributed by atoms with Crippen molar-refractivity contribution in [3.05, 3.63) is 23.7 Å². The van der Waals surface area contributed by atoms with Gasteiger partial charge >= 0.3 is 0 Å². The van der Waals surface area contributed by atoms with Crippen LogP contribution in [0.3, 0.4) is 0 Å². The summed E-state index contributed by atoms with van der Waals surface area (Å²) in [5, 5.41) is 3.46. The second kappa shape index (κ2) is 6.96. The SMILES string of the molecule is CCSCCCNC(C)c1ccc(C)o1. The van der Waals surface area contributed by atoms with E-state index in [0.717, 1.165) is 18.1 Å². The van der Waals surface area contributed by atoms with E-state index in [4.69, 9.17) is 4.42 Å². The van der Waals surface area contributed by atoms with Gasteiger partial charge in [-0.3, -0.25) is 0 Å². The molecule has 0 amide bonds. The first-order chi connectivity index (χ1) is 7.24. The molecule has 0 aliphatic carbocycles. The van der Waals surface area contributed by atoms with Gasteiger partial charge in [0.05, 0.1) is 6.04 Å². The number of furan rings is 1. The summed E-state index contributed by atoms with van der Waals surface area (Å²) in [6.07, 6.45) is 1.22. The highest BCUT2D eigenvalue weighted by Crippen LogP contribution is 2.15. The lowest BCUT2D eigenvalue weighted by Crippen LogP contribution is -2.19. The smallest absolute Gasteiger partial charge is 0.120 e. The Hall–Kier alpha value is -0.410. The van der Waals surface area contributed by atoms with Crippen molar-refractivity contribution in [1.82, 2.24) is 5.32 Å². The summed E-state index contributed by atoms with van der Waals surface area (Å²) >= 11 is 2.00. The fraction of sp³-hybridized carbons (Fsp3) is 0.667. The first kappa shape index (κ1) is 12.7. The Morgan fingerprint density at radius 3 is 2.87 bits per heavy atom. The van der Waals surface area contributed by atoms with Crippen molar-refractivity contribution in [2.75, 3.05) is 18.1 Å². The molecule has 0 saturated carbocycles. The molecule has 0 radical (unpaired) electrons. The molecule has 3 heteroatoms. The van der Waals surface area contributed by atoms with Gasteiger partial charge in [0.1, 0.15) is 11.5 Å². The highest BCUT2D eigenvalue weighted by molar-refractivity contribution is 7.99. The van der Waals surface area contributed by atoms with Crippen LogP contribution in [0.25, 0.3) is 0 Å². The molecule has 0 aliphatic heterocycles. The molecule has 0 spiro atoms. The van der Waals surface area contributed by atoms with E-state index in [1.54, 1.807) is 0 Å². The molecule has 0 saturated heterocycles. The monoisotopic (exact) mass is 227 g/mol. The maximum absolute atomic E-state index is 5.56. The summed E-state index contributed by atoms with van der Waals surface area (Å²) < 4.78 is 5.56. The summed E-state index contributed by atoms with van der Waals surface area (Å²) in [5.41, 5.74) is 0. The third-order valence-corrected chi connectivity index (χ3v) is 3.29. The first-order valence-electron chi connectivity index (χ1n) is 5.61. The Balaban J connectivity index is 2.16. The van der Waals surface area contributed by atoms with E-state index in [1.807, 2.05) is 30.8 Å². The Bertz CT molecular complexity index is 272. The first-order valence-corrected chi connectivity index (χ1v) is 6.77. The van der Waals surface area contributed by atoms with Crippen LogP contribution < -0.4 is 5.32 Å². The van der Waals surface area contributed by atoms with E-state index < -0.39 is 0 Å². The van der Waals surface area contributed by atoms with Gasteiger partial charge in [-0.05, 0) is 50.5 Å². The van der Waals surface area contributed by atoms with E-state index in [9.17, 15) is 0 Å². The van der Waals surface area contributed by atoms with Crippen molar-refractivity contribution >= 4 is 11.8 Å². The minimum atomic E-state index is 0.324. The van der Waals surface area contributed by atoms with Crippen LogP contribution in [0.1, 0.15) is 37.8 Å². The van der Waals surface area contributed by atoms with Crippen molar-refractivity contribution < 1.29 is 4.42 Å². The molecule has 1 unspecified atom stereocenters. The van der Waals surface area contributed by atoms with Gasteiger partial charge < -0.3 is 9.73 Å². The number of hydrogen-bond acceptors (Lipinski definition) is 3. The lowest BCUT2D eigenvalue weighted by atomic mass is 10.2. The van der Waals surface area contributed by atoms with Crippen molar-refractivity contribution in [3.8, 4) is 0 Å². The number of hydrogen-bond donors (Lipinski definition) is 1. The molecular weight excluding hydrogens is 206 g/mol. The molecule has 1 rings (SSSR count). The molecule has 86 valence electrons. The van der Waals surface area contributed by atoms with Crippen LogP contribution in [0, 0.1) is 6.92 Å². The number of aryl methyl sites for hydroxylation is 1. The average molecular weight is 227 g/mol. The zero-order chi connectivity index (χ0) is 11.1. The van der Waals surface area contributed by atoms with Crippen LogP contribution >= 0.6 is 11.8 Å². The second-order valence-electron chi connectivity index (χ2n) is 3.67. The highest BCUT2D eigenvalue weighted by atomic mass is 32.2. The average Bonchev–Trinajstić information content (AvgIpc) is 2.64. The molecule has 1 N–H and O–H groups in total. The quantitative estimate of drug-likeness (QED) is 0.723. The molecule has 2 nitrogen and oxygen atoms in total. The Morgan fingerprint density at radius 2 is 2.27 bits per heavy atom. The van der Waals surface area contributed by atoms with Gasteiger partial charge in [-0.1, -0.05) is 6.92 Å². The third kappa shape index (κ3) is 4.76. The second-order valence-corrected chi connectivity index (χ2v) is 5.07. The van der Waals surface area contributed by atoms with Crippen molar-refractivity contribution in [2.45, 2.75) is 33.2 Å². The van der Waals surface area contributed by atoms with Crippen LogP contribution in [0.2, 0.25) is 0 Å². The van der Waals surface area contributed by atoms with Crippen LogP contribution in [-0.2, 0) is 0 Å². The summed E-state index contributed by atoms with van der Waals surface area (Å²) in [5.74, 6) is 4.48. The molecule has 1 heterocycles. The molecule has 15 heavy (non-hydrogen) atoms. The van der Waals surface area contributed by atoms with Gasteiger partial charge in [0, 0.05) is 0 Å². The van der Waals surface area contributed by atoms with Gasteiger partial charge in [0.2, 0.25) is 0 Å². The fourth-order valence-electron chi connectivity index (χ4n) is 1.42. The zero-order valence-corrected chi connectivity index (χ0v) is 10.7. The molecule has 0 aromatic carbocycles. The topological polar surface area (TPSA) is 25.2 Å². The largest absolute Gasteiger partial charge is 0.465 e. The van der Waals surface area contributed by atoms with E-state index in [2.05, 4.69) is 19.2 Å². The summed E-state index contributed by atoms with van der Waals surface area (Å²) in [7, 11) is 0. The lowest BCUT2D eigenvalue weighted by Gasteiger charge is -2.10. The zero-order valence-electron chi connectivity index (χ0n) is 9.88. The maximum atomic E-state index is 5.56. The minimum Gasteiger partial charge on any atom is -0.465 e. The normalized spacial score (nSPS) is 13.0. The van der Waals surface area contributed by atoms with Crippen LogP contribution in [0.4, 0.5) is 0 Å². The van der Waals surface area contributed by atoms with Crippen LogP contribution in [0.5, 0.6) is 0 Å². The number of rotatable bonds is 7. The van der Waals surface area contributed by atoms with E-state index >= 15 is 0 Å². The molecule has 0 bridgehead atoms. The van der Waals surface area contributed by atoms with Crippen molar-refractivity contribution in [3.63, 3.8) is 0 Å². The Kier molecular flexibility index (Phi) is 5.88.